The summed E-state index contributed by atoms with van der Waals surface area (Å²) in [5.74, 6) is 0. The van der Waals surface area contributed by atoms with E-state index in [-0.39, 0.29) is 12.4 Å². The van der Waals surface area contributed by atoms with Crippen LogP contribution in [-0.4, -0.2) is 56.4 Å². The number of rotatable bonds is 8. The van der Waals surface area contributed by atoms with Crippen LogP contribution in [0.2, 0.25) is 0 Å². The van der Waals surface area contributed by atoms with Crippen molar-refractivity contribution in [2.45, 2.75) is 0 Å². The van der Waals surface area contributed by atoms with Crippen molar-refractivity contribution in [1.29, 1.82) is 0 Å². The first kappa shape index (κ1) is 29.7. The van der Waals surface area contributed by atoms with Gasteiger partial charge in [0.15, 0.2) is 0 Å². The second-order valence-electron chi connectivity index (χ2n) is 10.5. The van der Waals surface area contributed by atoms with Crippen LogP contribution in [0.15, 0.2) is 97.1 Å². The zero-order valence-electron chi connectivity index (χ0n) is 24.4. The molecule has 4 nitrogen and oxygen atoms in total. The first-order valence-electron chi connectivity index (χ1n) is 13.0. The molecule has 0 heterocycles. The summed E-state index contributed by atoms with van der Waals surface area (Å²) in [6.45, 7) is 0. The van der Waals surface area contributed by atoms with Gasteiger partial charge < -0.3 is 19.6 Å². The van der Waals surface area contributed by atoms with Crippen molar-refractivity contribution < 1.29 is 0 Å². The molecule has 0 aromatic heterocycles. The van der Waals surface area contributed by atoms with Gasteiger partial charge in [-0.3, -0.25) is 0 Å². The normalized spacial score (nSPS) is 10.4. The molecule has 0 atom stereocenters. The van der Waals surface area contributed by atoms with Crippen LogP contribution in [0.4, 0.5) is 22.7 Å². The zero-order valence-corrected chi connectivity index (χ0v) is 25.3. The van der Waals surface area contributed by atoms with Gasteiger partial charge in [-0.25, -0.2) is 0 Å². The molecule has 0 N–H and O–H groups in total. The number of nitrogens with zero attached hydrogens (tertiary/aromatic N) is 4. The molecule has 204 valence electrons. The Kier molecular flexibility index (Phi) is 9.71. The Labute approximate surface area is 241 Å². The monoisotopic (exact) mass is 540 g/mol. The van der Waals surface area contributed by atoms with Gasteiger partial charge in [0.1, 0.15) is 0 Å². The number of hydrogen-bond donors (Lipinski definition) is 0. The Morgan fingerprint density at radius 3 is 0.590 bits per heavy atom. The first-order valence-corrected chi connectivity index (χ1v) is 13.0. The minimum absolute atomic E-state index is 0. The molecule has 0 unspecified atom stereocenters. The summed E-state index contributed by atoms with van der Waals surface area (Å²) in [7, 11) is 16.6. The predicted octanol–water partition coefficient (Wildman–Crippen LogP) is 7.38. The van der Waals surface area contributed by atoms with Crippen LogP contribution in [0.1, 0.15) is 22.3 Å². The first-order chi connectivity index (χ1) is 18.2. The van der Waals surface area contributed by atoms with E-state index in [1.54, 1.807) is 0 Å². The Morgan fingerprint density at radius 1 is 0.308 bits per heavy atom. The molecule has 0 saturated carbocycles. The maximum Gasteiger partial charge on any atom is 0.0361 e. The van der Waals surface area contributed by atoms with Crippen molar-refractivity contribution >= 4 is 46.3 Å². The Morgan fingerprint density at radius 2 is 0.462 bits per heavy atom. The van der Waals surface area contributed by atoms with E-state index in [1.807, 2.05) is 0 Å². The van der Waals surface area contributed by atoms with Crippen molar-refractivity contribution in [3.63, 3.8) is 0 Å². The molecule has 39 heavy (non-hydrogen) atoms. The molecule has 0 aliphatic carbocycles. The largest absolute Gasteiger partial charge is 0.378 e. The maximum atomic E-state index is 2.24. The minimum Gasteiger partial charge on any atom is -0.378 e. The van der Waals surface area contributed by atoms with E-state index < -0.39 is 0 Å². The van der Waals surface area contributed by atoms with Crippen LogP contribution in [0.25, 0.3) is 11.1 Å². The molecule has 0 aliphatic heterocycles. The smallest absolute Gasteiger partial charge is 0.0361 e. The summed E-state index contributed by atoms with van der Waals surface area (Å²) in [6.07, 6.45) is 0. The molecule has 0 saturated heterocycles. The zero-order chi connectivity index (χ0) is 27.4. The van der Waals surface area contributed by atoms with E-state index >= 15 is 0 Å². The Balaban J connectivity index is 0.00000420. The molecular weight excluding hydrogens is 500 g/mol. The highest BCUT2D eigenvalue weighted by molar-refractivity contribution is 6.05. The van der Waals surface area contributed by atoms with Crippen molar-refractivity contribution in [1.82, 2.24) is 0 Å². The molecule has 0 aliphatic rings. The molecule has 0 bridgehead atoms. The van der Waals surface area contributed by atoms with Crippen molar-refractivity contribution in [2.24, 2.45) is 0 Å². The van der Waals surface area contributed by atoms with Crippen LogP contribution >= 0.6 is 12.4 Å². The van der Waals surface area contributed by atoms with Crippen molar-refractivity contribution in [2.75, 3.05) is 76.0 Å². The molecule has 0 radical (unpaired) electrons. The van der Waals surface area contributed by atoms with Gasteiger partial charge in [-0.05, 0) is 81.9 Å². The molecule has 0 spiro atoms. The fraction of sp³-hybridized carbons (Fsp3) is 0.235. The number of benzene rings is 4. The molecule has 0 amide bonds. The lowest BCUT2D eigenvalue weighted by Gasteiger charge is -2.21. The van der Waals surface area contributed by atoms with Gasteiger partial charge in [-0.2, -0.15) is 0 Å². The van der Waals surface area contributed by atoms with Gasteiger partial charge in [0, 0.05) is 79.1 Å². The molecule has 4 aromatic carbocycles. The summed E-state index contributed by atoms with van der Waals surface area (Å²) >= 11 is 0. The van der Waals surface area contributed by atoms with Gasteiger partial charge in [0.05, 0.1) is 0 Å². The predicted molar refractivity (Wildman–Crippen MR) is 175 cm³/mol. The van der Waals surface area contributed by atoms with Gasteiger partial charge in [0.25, 0.3) is 0 Å². The van der Waals surface area contributed by atoms with E-state index in [0.29, 0.717) is 0 Å². The van der Waals surface area contributed by atoms with Gasteiger partial charge in [-0.1, -0.05) is 48.5 Å². The van der Waals surface area contributed by atoms with E-state index in [2.05, 4.69) is 173 Å². The van der Waals surface area contributed by atoms with Crippen LogP contribution < -0.4 is 19.6 Å². The van der Waals surface area contributed by atoms with Crippen molar-refractivity contribution in [3.8, 4) is 0 Å². The van der Waals surface area contributed by atoms with Gasteiger partial charge >= 0.3 is 0 Å². The lowest BCUT2D eigenvalue weighted by Crippen LogP contribution is -2.09. The standard InChI is InChI=1S/C34H40N4.ClH/c1-35(2)29-17-9-25(10-18-29)33(26-11-19-30(20-12-26)36(3)4)34(27-13-21-31(22-14-27)37(5)6)28-15-23-32(24-16-28)38(7)8;/h9-24H,1-8H3;1H. The average molecular weight is 541 g/mol. The number of anilines is 4. The highest BCUT2D eigenvalue weighted by atomic mass is 35.5. The highest BCUT2D eigenvalue weighted by Crippen LogP contribution is 2.38. The highest BCUT2D eigenvalue weighted by Gasteiger charge is 2.17. The summed E-state index contributed by atoms with van der Waals surface area (Å²) < 4.78 is 0. The lowest BCUT2D eigenvalue weighted by molar-refractivity contribution is 1.13. The Hall–Kier alpha value is -3.89. The van der Waals surface area contributed by atoms with Crippen LogP contribution in [-0.2, 0) is 0 Å². The van der Waals surface area contributed by atoms with E-state index in [9.17, 15) is 0 Å². The van der Waals surface area contributed by atoms with Gasteiger partial charge in [-0.15, -0.1) is 12.4 Å². The maximum absolute atomic E-state index is 2.24. The molecule has 4 rings (SSSR count). The van der Waals surface area contributed by atoms with Crippen LogP contribution in [0.3, 0.4) is 0 Å². The lowest BCUT2D eigenvalue weighted by atomic mass is 9.85. The second kappa shape index (κ2) is 12.8. The molecular formula is C34H41ClN4. The molecule has 5 heteroatoms. The quantitative estimate of drug-likeness (QED) is 0.216. The van der Waals surface area contributed by atoms with Crippen LogP contribution in [0.5, 0.6) is 0 Å². The number of hydrogen-bond acceptors (Lipinski definition) is 4. The second-order valence-corrected chi connectivity index (χ2v) is 10.5. The fourth-order valence-electron chi connectivity index (χ4n) is 4.62. The van der Waals surface area contributed by atoms with Gasteiger partial charge in [0.2, 0.25) is 0 Å². The average Bonchev–Trinajstić information content (AvgIpc) is 2.92. The van der Waals surface area contributed by atoms with E-state index in [0.717, 1.165) is 0 Å². The fourth-order valence-corrected chi connectivity index (χ4v) is 4.62. The third-order valence-corrected chi connectivity index (χ3v) is 6.94. The van der Waals surface area contributed by atoms with Crippen molar-refractivity contribution in [3.05, 3.63) is 119 Å². The third-order valence-electron chi connectivity index (χ3n) is 6.94. The minimum atomic E-state index is 0. The summed E-state index contributed by atoms with van der Waals surface area (Å²) in [5, 5.41) is 0. The topological polar surface area (TPSA) is 13.0 Å². The van der Waals surface area contributed by atoms with E-state index in [4.69, 9.17) is 0 Å². The summed E-state index contributed by atoms with van der Waals surface area (Å²) in [5.41, 5.74) is 11.9. The molecule has 4 aromatic rings. The van der Waals surface area contributed by atoms with E-state index in [1.165, 1.54) is 56.1 Å². The molecule has 0 fully saturated rings. The van der Waals surface area contributed by atoms with Crippen LogP contribution in [0, 0.1) is 0 Å². The SMILES string of the molecule is CN(C)c1ccc(C(=C(c2ccc(N(C)C)cc2)c2ccc(N(C)C)cc2)c2ccc(N(C)C)cc2)cc1.Cl. The Bertz CT molecular complexity index is 1150. The summed E-state index contributed by atoms with van der Waals surface area (Å²) in [4.78, 5) is 8.56. The number of halogens is 1. The summed E-state index contributed by atoms with van der Waals surface area (Å²) in [6, 6.07) is 35.5. The third kappa shape index (κ3) is 6.76.